The zero-order chi connectivity index (χ0) is 17.8. The van der Waals surface area contributed by atoms with Crippen LogP contribution in [0.4, 0.5) is 24.7 Å². The second kappa shape index (κ2) is 5.38. The molecule has 2 aliphatic heterocycles. The molecular formula is C15H11F3N2O5. The maximum Gasteiger partial charge on any atom is 0.573 e. The molecule has 1 aromatic heterocycles. The number of ether oxygens (including phenoxy) is 1. The van der Waals surface area contributed by atoms with Crippen LogP contribution in [-0.4, -0.2) is 17.4 Å². The summed E-state index contributed by atoms with van der Waals surface area (Å²) in [4.78, 5) is 15.9. The first-order chi connectivity index (χ1) is 11.8. The van der Waals surface area contributed by atoms with Crippen LogP contribution in [-0.2, 0) is 11.3 Å². The lowest BCUT2D eigenvalue weighted by molar-refractivity contribution is -0.402. The molecule has 0 radical (unpaired) electrons. The van der Waals surface area contributed by atoms with Gasteiger partial charge in [-0.3, -0.25) is 15.0 Å². The lowest BCUT2D eigenvalue weighted by Gasteiger charge is -2.29. The lowest BCUT2D eigenvalue weighted by Crippen LogP contribution is -2.27. The third-order valence-corrected chi connectivity index (χ3v) is 4.12. The summed E-state index contributed by atoms with van der Waals surface area (Å²) in [5.41, 5.74) is 1.24. The van der Waals surface area contributed by atoms with Crippen LogP contribution in [0.15, 0.2) is 34.7 Å². The lowest BCUT2D eigenvalue weighted by atomic mass is 10.0. The summed E-state index contributed by atoms with van der Waals surface area (Å²) in [5.74, 6) is -0.289. The van der Waals surface area contributed by atoms with Gasteiger partial charge in [0.2, 0.25) is 0 Å². The minimum Gasteiger partial charge on any atom is -0.406 e. The zero-order valence-corrected chi connectivity index (χ0v) is 12.5. The SMILES string of the molecule is O=[N+]([O-])c1ccc(C2CC3Cc4cc(OC(F)(F)F)ccc4N2O3)o1. The first-order valence-corrected chi connectivity index (χ1v) is 7.39. The average molecular weight is 356 g/mol. The van der Waals surface area contributed by atoms with Gasteiger partial charge in [0, 0.05) is 12.8 Å². The molecule has 1 aromatic carbocycles. The Bertz CT molecular complexity index is 835. The molecule has 3 heterocycles. The number of hydrogen-bond acceptors (Lipinski definition) is 6. The molecular weight excluding hydrogens is 345 g/mol. The second-order valence-electron chi connectivity index (χ2n) is 5.78. The van der Waals surface area contributed by atoms with E-state index in [1.54, 1.807) is 0 Å². The van der Waals surface area contributed by atoms with Gasteiger partial charge in [0.05, 0.1) is 17.9 Å². The van der Waals surface area contributed by atoms with Crippen molar-refractivity contribution in [2.45, 2.75) is 31.3 Å². The molecule has 2 aromatic rings. The number of benzene rings is 1. The third-order valence-electron chi connectivity index (χ3n) is 4.12. The minimum atomic E-state index is -4.76. The zero-order valence-electron chi connectivity index (χ0n) is 12.5. The predicted molar refractivity (Wildman–Crippen MR) is 76.9 cm³/mol. The van der Waals surface area contributed by atoms with Crippen LogP contribution in [0.1, 0.15) is 23.8 Å². The topological polar surface area (TPSA) is 78.0 Å². The van der Waals surface area contributed by atoms with E-state index in [1.165, 1.54) is 35.4 Å². The van der Waals surface area contributed by atoms with Gasteiger partial charge in [-0.1, -0.05) is 0 Å². The van der Waals surface area contributed by atoms with Gasteiger partial charge in [0.15, 0.2) is 0 Å². The fourth-order valence-electron chi connectivity index (χ4n) is 3.20. The van der Waals surface area contributed by atoms with Crippen molar-refractivity contribution in [1.29, 1.82) is 0 Å². The van der Waals surface area contributed by atoms with E-state index in [0.717, 1.165) is 0 Å². The van der Waals surface area contributed by atoms with Crippen LogP contribution in [0.3, 0.4) is 0 Å². The normalized spacial score (nSPS) is 22.0. The van der Waals surface area contributed by atoms with Gasteiger partial charge in [0.1, 0.15) is 22.5 Å². The van der Waals surface area contributed by atoms with Gasteiger partial charge in [-0.05, 0) is 29.8 Å². The standard InChI is InChI=1S/C15H11F3N2O5/c16-15(17,18)24-9-1-2-11-8(5-9)6-10-7-12(19(11)25-10)13-3-4-14(23-13)20(21)22/h1-5,10,12H,6-7H2. The molecule has 1 fully saturated rings. The van der Waals surface area contributed by atoms with E-state index in [1.807, 2.05) is 0 Å². The van der Waals surface area contributed by atoms with Crippen molar-refractivity contribution in [2.75, 3.05) is 5.06 Å². The Labute approximate surface area is 138 Å². The summed E-state index contributed by atoms with van der Waals surface area (Å²) in [6.07, 6.45) is -4.08. The summed E-state index contributed by atoms with van der Waals surface area (Å²) in [6.45, 7) is 0. The van der Waals surface area contributed by atoms with Crippen LogP contribution in [0.5, 0.6) is 5.75 Å². The van der Waals surface area contributed by atoms with Gasteiger partial charge in [-0.2, -0.15) is 0 Å². The van der Waals surface area contributed by atoms with E-state index in [2.05, 4.69) is 4.74 Å². The summed E-state index contributed by atoms with van der Waals surface area (Å²) in [6, 6.07) is 6.40. The first kappa shape index (κ1) is 15.8. The van der Waals surface area contributed by atoms with Gasteiger partial charge < -0.3 is 9.15 Å². The highest BCUT2D eigenvalue weighted by molar-refractivity contribution is 5.58. The number of furan rings is 1. The van der Waals surface area contributed by atoms with E-state index >= 15 is 0 Å². The Hall–Kier alpha value is -2.75. The van der Waals surface area contributed by atoms with Crippen molar-refractivity contribution in [3.8, 4) is 5.75 Å². The molecule has 2 bridgehead atoms. The quantitative estimate of drug-likeness (QED) is 0.613. The summed E-state index contributed by atoms with van der Waals surface area (Å²) < 4.78 is 46.3. The fraction of sp³-hybridized carbons (Fsp3) is 0.333. The van der Waals surface area contributed by atoms with Crippen LogP contribution >= 0.6 is 0 Å². The van der Waals surface area contributed by atoms with Gasteiger partial charge in [-0.15, -0.1) is 13.2 Å². The van der Waals surface area contributed by atoms with Gasteiger partial charge >= 0.3 is 12.2 Å². The molecule has 2 aliphatic rings. The van der Waals surface area contributed by atoms with Crippen LogP contribution in [0.2, 0.25) is 0 Å². The molecule has 7 nitrogen and oxygen atoms in total. The maximum atomic E-state index is 12.4. The number of halogens is 3. The highest BCUT2D eigenvalue weighted by Gasteiger charge is 2.42. The maximum absolute atomic E-state index is 12.4. The van der Waals surface area contributed by atoms with Crippen LogP contribution in [0, 0.1) is 10.1 Å². The highest BCUT2D eigenvalue weighted by atomic mass is 19.4. The Balaban J connectivity index is 1.64. The number of hydrogen-bond donors (Lipinski definition) is 0. The summed E-state index contributed by atoms with van der Waals surface area (Å²) in [7, 11) is 0. The number of nitro groups is 1. The Morgan fingerprint density at radius 2 is 2.08 bits per heavy atom. The Morgan fingerprint density at radius 1 is 1.28 bits per heavy atom. The van der Waals surface area contributed by atoms with Crippen molar-refractivity contribution in [3.05, 3.63) is 51.8 Å². The molecule has 132 valence electrons. The molecule has 10 heteroatoms. The number of rotatable bonds is 3. The van der Waals surface area contributed by atoms with E-state index in [4.69, 9.17) is 9.25 Å². The molecule has 0 aliphatic carbocycles. The van der Waals surface area contributed by atoms with E-state index in [9.17, 15) is 23.3 Å². The number of anilines is 1. The Kier molecular flexibility index (Phi) is 3.39. The number of hydroxylamine groups is 1. The molecule has 0 saturated carbocycles. The van der Waals surface area contributed by atoms with E-state index < -0.39 is 11.3 Å². The summed E-state index contributed by atoms with van der Waals surface area (Å²) >= 11 is 0. The molecule has 25 heavy (non-hydrogen) atoms. The minimum absolute atomic E-state index is 0.247. The second-order valence-corrected chi connectivity index (χ2v) is 5.78. The molecule has 0 amide bonds. The van der Waals surface area contributed by atoms with Crippen molar-refractivity contribution >= 4 is 11.6 Å². The van der Waals surface area contributed by atoms with Crippen LogP contribution in [0.25, 0.3) is 0 Å². The van der Waals surface area contributed by atoms with E-state index in [0.29, 0.717) is 29.9 Å². The predicted octanol–water partition coefficient (Wildman–Crippen LogP) is 3.89. The van der Waals surface area contributed by atoms with Crippen molar-refractivity contribution in [2.24, 2.45) is 0 Å². The summed E-state index contributed by atoms with van der Waals surface area (Å²) in [5, 5.41) is 12.3. The first-order valence-electron chi connectivity index (χ1n) is 7.39. The molecule has 2 unspecified atom stereocenters. The third kappa shape index (κ3) is 2.88. The van der Waals surface area contributed by atoms with Gasteiger partial charge in [-0.25, -0.2) is 5.06 Å². The number of fused-ring (bicyclic) bond motifs is 4. The molecule has 2 atom stereocenters. The number of nitrogens with zero attached hydrogens (tertiary/aromatic N) is 2. The van der Waals surface area contributed by atoms with Gasteiger partial charge in [0.25, 0.3) is 0 Å². The van der Waals surface area contributed by atoms with Crippen molar-refractivity contribution < 1.29 is 32.1 Å². The highest BCUT2D eigenvalue weighted by Crippen LogP contribution is 2.46. The molecule has 4 rings (SSSR count). The molecule has 1 saturated heterocycles. The molecule has 0 N–H and O–H groups in total. The Morgan fingerprint density at radius 3 is 2.76 bits per heavy atom. The monoisotopic (exact) mass is 356 g/mol. The van der Waals surface area contributed by atoms with Crippen molar-refractivity contribution in [3.63, 3.8) is 0 Å². The van der Waals surface area contributed by atoms with E-state index in [-0.39, 0.29) is 23.8 Å². The average Bonchev–Trinajstić information content (AvgIpc) is 3.11. The molecule has 0 spiro atoms. The van der Waals surface area contributed by atoms with Crippen LogP contribution < -0.4 is 9.80 Å². The fourth-order valence-corrected chi connectivity index (χ4v) is 3.20. The largest absolute Gasteiger partial charge is 0.573 e. The number of alkyl halides is 3. The smallest absolute Gasteiger partial charge is 0.406 e. The van der Waals surface area contributed by atoms with Crippen molar-refractivity contribution in [1.82, 2.24) is 0 Å².